The number of methoxy groups -OCH3 is 2. The van der Waals surface area contributed by atoms with Gasteiger partial charge in [-0.2, -0.15) is 0 Å². The van der Waals surface area contributed by atoms with E-state index in [1.54, 1.807) is 30.3 Å². The van der Waals surface area contributed by atoms with Gasteiger partial charge in [0.25, 0.3) is 0 Å². The molecule has 0 aliphatic carbocycles. The van der Waals surface area contributed by atoms with Gasteiger partial charge in [0, 0.05) is 13.0 Å². The molecule has 0 saturated carbocycles. The zero-order chi connectivity index (χ0) is 30.5. The van der Waals surface area contributed by atoms with E-state index in [0.717, 1.165) is 36.8 Å². The zero-order valence-corrected chi connectivity index (χ0v) is 23.6. The first-order valence-electron chi connectivity index (χ1n) is 12.7. The molecule has 5 N–H and O–H groups in total. The van der Waals surface area contributed by atoms with Crippen LogP contribution in [0.25, 0.3) is 0 Å². The number of rotatable bonds is 12. The Morgan fingerprint density at radius 3 is 1.86 bits per heavy atom. The van der Waals surface area contributed by atoms with Crippen molar-refractivity contribution in [3.63, 3.8) is 0 Å². The Morgan fingerprint density at radius 2 is 1.40 bits per heavy atom. The van der Waals surface area contributed by atoms with Gasteiger partial charge in [0.1, 0.15) is 0 Å². The predicted octanol–water partition coefficient (Wildman–Crippen LogP) is 3.51. The molecule has 226 valence electrons. The van der Waals surface area contributed by atoms with Crippen molar-refractivity contribution in [1.29, 1.82) is 0 Å². The van der Waals surface area contributed by atoms with Crippen LogP contribution in [0, 0.1) is 5.92 Å². The average Bonchev–Trinajstić information content (AvgIpc) is 2.91. The van der Waals surface area contributed by atoms with Gasteiger partial charge in [0.05, 0.1) is 14.2 Å². The number of nitrogens with one attached hydrogen (secondary N) is 1. The minimum atomic E-state index is -1.82. The van der Waals surface area contributed by atoms with Crippen molar-refractivity contribution in [3.8, 4) is 23.0 Å². The van der Waals surface area contributed by atoms with E-state index in [1.807, 2.05) is 12.1 Å². The van der Waals surface area contributed by atoms with Crippen LogP contribution in [0.5, 0.6) is 23.0 Å². The molecule has 0 aliphatic rings. The zero-order valence-electron chi connectivity index (χ0n) is 23.6. The van der Waals surface area contributed by atoms with Gasteiger partial charge in [-0.05, 0) is 67.0 Å². The second-order valence-corrected chi connectivity index (χ2v) is 8.81. The monoisotopic (exact) mass is 689 g/mol. The third-order valence-corrected chi connectivity index (χ3v) is 5.09. The van der Waals surface area contributed by atoms with Crippen molar-refractivity contribution in [3.05, 3.63) is 72.3 Å². The third-order valence-electron chi connectivity index (χ3n) is 5.09. The molecule has 2 aromatic carbocycles. The van der Waals surface area contributed by atoms with Gasteiger partial charge in [-0.1, -0.05) is 44.2 Å². The summed E-state index contributed by atoms with van der Waals surface area (Å²) in [5.74, 6) is -1.80. The van der Waals surface area contributed by atoms with Crippen LogP contribution in [0.4, 0.5) is 0 Å². The van der Waals surface area contributed by atoms with Crippen LogP contribution in [-0.2, 0) is 27.3 Å². The SMILES string of the molecule is C=CCc1ccc(O)c(OC)c1.COc1cc(CNC(=O)CCCC/C=C/C(C)C)ccc1O.O=C(O)C(=O)O.[KH].[SrH2]. The quantitative estimate of drug-likeness (QED) is 0.0972. The Morgan fingerprint density at radius 1 is 0.905 bits per heavy atom. The predicted molar refractivity (Wildman–Crippen MR) is 168 cm³/mol. The molecule has 12 heteroatoms. The van der Waals surface area contributed by atoms with E-state index in [0.29, 0.717) is 30.4 Å². The van der Waals surface area contributed by atoms with Crippen LogP contribution in [0.15, 0.2) is 61.2 Å². The van der Waals surface area contributed by atoms with Gasteiger partial charge in [0.15, 0.2) is 23.0 Å². The van der Waals surface area contributed by atoms with E-state index in [-0.39, 0.29) is 114 Å². The minimum absolute atomic E-state index is 0. The molecule has 2 aromatic rings. The Balaban J connectivity index is -0.000000639. The fourth-order valence-corrected chi connectivity index (χ4v) is 3.05. The number of aliphatic carboxylic acids is 2. The fourth-order valence-electron chi connectivity index (χ4n) is 3.05. The summed E-state index contributed by atoms with van der Waals surface area (Å²) in [4.78, 5) is 30.0. The molecule has 10 nitrogen and oxygen atoms in total. The van der Waals surface area contributed by atoms with Gasteiger partial charge in [-0.15, -0.1) is 6.58 Å². The normalized spacial score (nSPS) is 9.55. The van der Waals surface area contributed by atoms with Crippen LogP contribution in [0.3, 0.4) is 0 Å². The van der Waals surface area contributed by atoms with E-state index in [4.69, 9.17) is 29.3 Å². The number of amides is 1. The second-order valence-electron chi connectivity index (χ2n) is 8.81. The number of ether oxygens (including phenoxy) is 2. The molecular weight excluding hydrogens is 645 g/mol. The first-order valence-corrected chi connectivity index (χ1v) is 12.7. The molecule has 0 saturated heterocycles. The molecule has 0 unspecified atom stereocenters. The number of carbonyl (C=O) groups excluding carboxylic acids is 1. The van der Waals surface area contributed by atoms with Gasteiger partial charge >= 0.3 is 109 Å². The standard InChI is InChI=1S/C18H27NO3.C10H12O2.C2H2O4.K.Sr.3H/c1-14(2)8-6-4-5-7-9-18(21)19-13-15-10-11-16(20)17(12-15)22-3;1-3-4-8-5-6-9(11)10(7-8)12-2;3-1(4)2(5)6;;;;;/h6,8,10-12,14,20H,4-5,7,9,13H2,1-3H3,(H,19,21);3,5-7,11H,1,4H2,2H3;(H,3,4)(H,5,6);;;;;/b8-6+;;;;;;;. The number of unbranched alkanes of at least 4 members (excludes halogenated alkanes) is 2. The van der Waals surface area contributed by atoms with Crippen LogP contribution in [0.1, 0.15) is 50.7 Å². The summed E-state index contributed by atoms with van der Waals surface area (Å²) in [6, 6.07) is 10.3. The molecule has 0 bridgehead atoms. The van der Waals surface area contributed by atoms with Gasteiger partial charge < -0.3 is 35.2 Å². The summed E-state index contributed by atoms with van der Waals surface area (Å²) < 4.78 is 9.99. The molecule has 2 rings (SSSR count). The summed E-state index contributed by atoms with van der Waals surface area (Å²) in [5, 5.41) is 36.4. The Labute approximate surface area is 327 Å². The van der Waals surface area contributed by atoms with Gasteiger partial charge in [0.2, 0.25) is 5.91 Å². The third kappa shape index (κ3) is 22.2. The van der Waals surface area contributed by atoms with Crippen LogP contribution in [0.2, 0.25) is 0 Å². The number of hydrogen-bond acceptors (Lipinski definition) is 7. The number of phenolic OH excluding ortho intramolecular Hbond substituents is 2. The van der Waals surface area contributed by atoms with Crippen molar-refractivity contribution in [2.24, 2.45) is 5.92 Å². The Hall–Kier alpha value is -1.35. The molecule has 0 heterocycles. The van der Waals surface area contributed by atoms with Crippen LogP contribution < -0.4 is 14.8 Å². The average molecular weight is 689 g/mol. The van der Waals surface area contributed by atoms with E-state index < -0.39 is 11.9 Å². The van der Waals surface area contributed by atoms with E-state index in [1.165, 1.54) is 14.2 Å². The maximum atomic E-state index is 11.8. The summed E-state index contributed by atoms with van der Waals surface area (Å²) in [6.45, 7) is 8.39. The topological polar surface area (TPSA) is 163 Å². The van der Waals surface area contributed by atoms with E-state index >= 15 is 0 Å². The van der Waals surface area contributed by atoms with Crippen molar-refractivity contribution in [1.82, 2.24) is 5.32 Å². The number of carboxylic acid groups (broad SMARTS) is 2. The number of carboxylic acids is 2. The molecule has 1 amide bonds. The Bertz CT molecular complexity index is 1110. The first-order chi connectivity index (χ1) is 18.9. The van der Waals surface area contributed by atoms with Crippen molar-refractivity contribution >= 4 is 115 Å². The molecule has 0 atom stereocenters. The number of phenols is 2. The fraction of sp³-hybridized carbons (Fsp3) is 0.367. The van der Waals surface area contributed by atoms with Crippen molar-refractivity contribution in [2.75, 3.05) is 14.2 Å². The van der Waals surface area contributed by atoms with Crippen molar-refractivity contribution < 1.29 is 44.3 Å². The van der Waals surface area contributed by atoms with Crippen LogP contribution in [-0.4, -0.2) is 149 Å². The molecular formula is C30H44KNO9Sr. The number of hydrogen-bond donors (Lipinski definition) is 5. The number of aromatic hydroxyl groups is 2. The number of allylic oxidation sites excluding steroid dienone is 3. The van der Waals surface area contributed by atoms with Gasteiger partial charge in [-0.3, -0.25) is 4.79 Å². The summed E-state index contributed by atoms with van der Waals surface area (Å²) in [5.41, 5.74) is 1.99. The molecule has 0 aliphatic heterocycles. The van der Waals surface area contributed by atoms with Crippen LogP contribution >= 0.6 is 0 Å². The van der Waals surface area contributed by atoms with E-state index in [9.17, 15) is 15.0 Å². The van der Waals surface area contributed by atoms with Crippen molar-refractivity contribution in [2.45, 2.75) is 52.5 Å². The molecule has 42 heavy (non-hydrogen) atoms. The summed E-state index contributed by atoms with van der Waals surface area (Å²) in [6.07, 6.45) is 10.5. The molecule has 0 aromatic heterocycles. The number of benzene rings is 2. The number of carbonyl (C=O) groups is 3. The van der Waals surface area contributed by atoms with Gasteiger partial charge in [-0.25, -0.2) is 9.59 Å². The second kappa shape index (κ2) is 27.2. The summed E-state index contributed by atoms with van der Waals surface area (Å²) in [7, 11) is 3.04. The molecule has 0 radical (unpaired) electrons. The summed E-state index contributed by atoms with van der Waals surface area (Å²) >= 11 is 0. The Kier molecular flexibility index (Phi) is 29.2. The molecule has 0 fully saturated rings. The van der Waals surface area contributed by atoms with E-state index in [2.05, 4.69) is 37.9 Å². The maximum absolute atomic E-state index is 11.8. The molecule has 0 spiro atoms. The first kappa shape index (κ1) is 45.1.